The van der Waals surface area contributed by atoms with Crippen LogP contribution >= 0.6 is 0 Å². The van der Waals surface area contributed by atoms with Crippen LogP contribution in [-0.2, 0) is 0 Å². The van der Waals surface area contributed by atoms with Gasteiger partial charge in [-0.2, -0.15) is 9.78 Å². The smallest absolute Gasteiger partial charge is 0.298 e. The summed E-state index contributed by atoms with van der Waals surface area (Å²) in [6, 6.07) is 13.2. The molecule has 0 aliphatic carbocycles. The maximum atomic E-state index is 12.8. The molecule has 4 rings (SSSR count). The van der Waals surface area contributed by atoms with Gasteiger partial charge in [-0.05, 0) is 54.4 Å². The second kappa shape index (κ2) is 8.82. The van der Waals surface area contributed by atoms with Gasteiger partial charge in [0.1, 0.15) is 28.9 Å². The molecule has 2 aromatic heterocycles. The minimum absolute atomic E-state index is 0.262. The van der Waals surface area contributed by atoms with Crippen LogP contribution in [0, 0.1) is 0 Å². The fourth-order valence-corrected chi connectivity index (χ4v) is 3.26. The van der Waals surface area contributed by atoms with Crippen molar-refractivity contribution in [3.05, 3.63) is 64.7 Å². The van der Waals surface area contributed by atoms with Crippen molar-refractivity contribution in [1.29, 1.82) is 0 Å². The molecule has 0 amide bonds. The van der Waals surface area contributed by atoms with Gasteiger partial charge < -0.3 is 14.5 Å². The van der Waals surface area contributed by atoms with Crippen molar-refractivity contribution in [3.63, 3.8) is 0 Å². The first-order valence-electron chi connectivity index (χ1n) is 10.0. The summed E-state index contributed by atoms with van der Waals surface area (Å²) < 4.78 is 12.2. The van der Waals surface area contributed by atoms with E-state index in [4.69, 9.17) is 9.47 Å². The Hall–Kier alpha value is -3.61. The van der Waals surface area contributed by atoms with Crippen LogP contribution < -0.4 is 15.0 Å². The number of ether oxygens (including phenoxy) is 2. The van der Waals surface area contributed by atoms with Crippen LogP contribution in [0.25, 0.3) is 21.9 Å². The lowest BCUT2D eigenvalue weighted by molar-refractivity contribution is 0.306. The number of rotatable bonds is 8. The maximum Gasteiger partial charge on any atom is 0.298 e. The van der Waals surface area contributed by atoms with E-state index in [1.54, 1.807) is 13.3 Å². The molecule has 0 fully saturated rings. The van der Waals surface area contributed by atoms with E-state index in [2.05, 4.69) is 22.0 Å². The summed E-state index contributed by atoms with van der Waals surface area (Å²) in [5.74, 6) is 1.54. The number of aromatic amines is 1. The zero-order valence-electron chi connectivity index (χ0n) is 17.1. The molecule has 0 aliphatic rings. The molecule has 0 radical (unpaired) electrons. The lowest BCUT2D eigenvalue weighted by atomic mass is 10.2. The number of fused-ring (bicyclic) bond motifs is 3. The number of nitrogens with one attached hydrogen (secondary N) is 1. The lowest BCUT2D eigenvalue weighted by Gasteiger charge is -2.05. The fourth-order valence-electron chi connectivity index (χ4n) is 3.26. The van der Waals surface area contributed by atoms with Gasteiger partial charge in [0.2, 0.25) is 0 Å². The highest BCUT2D eigenvalue weighted by molar-refractivity contribution is 6.04. The zero-order valence-corrected chi connectivity index (χ0v) is 17.1. The molecule has 7 heteroatoms. The number of nitrogens with zero attached hydrogens (tertiary/aromatic N) is 3. The standard InChI is InChI=1S/C23H24N4O3/c1-3-4-5-12-30-17-8-6-16(7-9-17)14-25-27-15-24-21-19-13-18(29-2)10-11-20(19)26-22(21)23(27)28/h6-11,13-15,26H,3-5,12H2,1-2H3/b25-14+. The molecule has 0 aliphatic heterocycles. The van der Waals surface area contributed by atoms with Gasteiger partial charge in [0.15, 0.2) is 0 Å². The quantitative estimate of drug-likeness (QED) is 0.350. The van der Waals surface area contributed by atoms with Gasteiger partial charge in [-0.15, -0.1) is 0 Å². The Morgan fingerprint density at radius 3 is 2.70 bits per heavy atom. The summed E-state index contributed by atoms with van der Waals surface area (Å²) >= 11 is 0. The Bertz CT molecular complexity index is 1240. The van der Waals surface area contributed by atoms with Crippen molar-refractivity contribution in [2.75, 3.05) is 13.7 Å². The van der Waals surface area contributed by atoms with Gasteiger partial charge in [0.25, 0.3) is 5.56 Å². The molecule has 0 unspecified atom stereocenters. The third-order valence-corrected chi connectivity index (χ3v) is 4.92. The van der Waals surface area contributed by atoms with Crippen LogP contribution in [0.4, 0.5) is 0 Å². The topological polar surface area (TPSA) is 81.5 Å². The SMILES string of the molecule is CCCCCOc1ccc(/C=N/n2cnc3c([nH]c4ccc(OC)cc43)c2=O)cc1. The average Bonchev–Trinajstić information content (AvgIpc) is 3.16. The molecule has 0 bridgehead atoms. The Morgan fingerprint density at radius 1 is 1.13 bits per heavy atom. The van der Waals surface area contributed by atoms with E-state index in [9.17, 15) is 4.79 Å². The van der Waals surface area contributed by atoms with Crippen LogP contribution in [-0.4, -0.2) is 34.6 Å². The summed E-state index contributed by atoms with van der Waals surface area (Å²) in [4.78, 5) is 20.4. The van der Waals surface area contributed by atoms with E-state index < -0.39 is 0 Å². The fraction of sp³-hybridized carbons (Fsp3) is 0.261. The van der Waals surface area contributed by atoms with E-state index in [0.29, 0.717) is 16.8 Å². The summed E-state index contributed by atoms with van der Waals surface area (Å²) in [5, 5.41) is 5.12. The van der Waals surface area contributed by atoms with Gasteiger partial charge in [0.05, 0.1) is 19.9 Å². The molecule has 4 aromatic rings. The minimum Gasteiger partial charge on any atom is -0.497 e. The van der Waals surface area contributed by atoms with Crippen molar-refractivity contribution in [2.24, 2.45) is 5.10 Å². The number of hydrogen-bond acceptors (Lipinski definition) is 5. The Kier molecular flexibility index (Phi) is 5.79. The summed E-state index contributed by atoms with van der Waals surface area (Å²) in [6.45, 7) is 2.89. The Labute approximate surface area is 174 Å². The molecule has 1 N–H and O–H groups in total. The van der Waals surface area contributed by atoms with Crippen molar-refractivity contribution in [2.45, 2.75) is 26.2 Å². The second-order valence-corrected chi connectivity index (χ2v) is 7.02. The average molecular weight is 404 g/mol. The first-order chi connectivity index (χ1) is 14.7. The second-order valence-electron chi connectivity index (χ2n) is 7.02. The zero-order chi connectivity index (χ0) is 20.9. The molecule has 0 spiro atoms. The highest BCUT2D eigenvalue weighted by Gasteiger charge is 2.11. The molecule has 0 saturated carbocycles. The van der Waals surface area contributed by atoms with E-state index in [1.807, 2.05) is 42.5 Å². The van der Waals surface area contributed by atoms with Gasteiger partial charge in [-0.25, -0.2) is 4.98 Å². The van der Waals surface area contributed by atoms with Crippen molar-refractivity contribution < 1.29 is 9.47 Å². The van der Waals surface area contributed by atoms with Crippen LogP contribution in [0.5, 0.6) is 11.5 Å². The molecular weight excluding hydrogens is 380 g/mol. The van der Waals surface area contributed by atoms with Crippen LogP contribution in [0.1, 0.15) is 31.7 Å². The van der Waals surface area contributed by atoms with E-state index in [-0.39, 0.29) is 5.56 Å². The van der Waals surface area contributed by atoms with Crippen molar-refractivity contribution in [3.8, 4) is 11.5 Å². The molecule has 154 valence electrons. The highest BCUT2D eigenvalue weighted by Crippen LogP contribution is 2.25. The molecule has 2 heterocycles. The number of aromatic nitrogens is 3. The Balaban J connectivity index is 1.55. The predicted molar refractivity (Wildman–Crippen MR) is 119 cm³/mol. The van der Waals surface area contributed by atoms with Crippen LogP contribution in [0.2, 0.25) is 0 Å². The van der Waals surface area contributed by atoms with Crippen LogP contribution in [0.3, 0.4) is 0 Å². The predicted octanol–water partition coefficient (Wildman–Crippen LogP) is 4.34. The van der Waals surface area contributed by atoms with E-state index >= 15 is 0 Å². The van der Waals surface area contributed by atoms with Gasteiger partial charge in [-0.1, -0.05) is 19.8 Å². The lowest BCUT2D eigenvalue weighted by Crippen LogP contribution is -2.17. The van der Waals surface area contributed by atoms with Crippen molar-refractivity contribution in [1.82, 2.24) is 14.6 Å². The minimum atomic E-state index is -0.262. The number of H-pyrrole nitrogens is 1. The van der Waals surface area contributed by atoms with Gasteiger partial charge in [-0.3, -0.25) is 4.79 Å². The first kappa shape index (κ1) is 19.7. The number of benzene rings is 2. The summed E-state index contributed by atoms with van der Waals surface area (Å²) in [6.07, 6.45) is 6.45. The monoisotopic (exact) mass is 404 g/mol. The van der Waals surface area contributed by atoms with Crippen molar-refractivity contribution >= 4 is 28.2 Å². The summed E-state index contributed by atoms with van der Waals surface area (Å²) in [5.41, 5.74) is 2.44. The third kappa shape index (κ3) is 4.05. The third-order valence-electron chi connectivity index (χ3n) is 4.92. The normalized spacial score (nSPS) is 11.5. The summed E-state index contributed by atoms with van der Waals surface area (Å²) in [7, 11) is 1.61. The van der Waals surface area contributed by atoms with E-state index in [1.165, 1.54) is 23.8 Å². The largest absolute Gasteiger partial charge is 0.497 e. The number of methoxy groups -OCH3 is 1. The first-order valence-corrected chi connectivity index (χ1v) is 10.0. The number of unbranched alkanes of at least 4 members (excludes halogenated alkanes) is 2. The molecule has 2 aromatic carbocycles. The maximum absolute atomic E-state index is 12.8. The number of hydrogen-bond donors (Lipinski definition) is 1. The molecule has 7 nitrogen and oxygen atoms in total. The molecule has 0 atom stereocenters. The molecule has 30 heavy (non-hydrogen) atoms. The van der Waals surface area contributed by atoms with E-state index in [0.717, 1.165) is 35.2 Å². The van der Waals surface area contributed by atoms with Gasteiger partial charge >= 0.3 is 0 Å². The van der Waals surface area contributed by atoms with Gasteiger partial charge in [0, 0.05) is 10.9 Å². The van der Waals surface area contributed by atoms with Crippen LogP contribution in [0.15, 0.2) is 58.7 Å². The highest BCUT2D eigenvalue weighted by atomic mass is 16.5. The molecule has 0 saturated heterocycles. The Morgan fingerprint density at radius 2 is 1.93 bits per heavy atom. The molecular formula is C23H24N4O3.